The molecule has 0 unspecified atom stereocenters. The number of pyridine rings is 1. The molecule has 1 aromatic carbocycles. The Labute approximate surface area is 151 Å². The SMILES string of the molecule is O=C(c1cc(Cl)ccc1Cl)N1CC(Oc2ccc(C(F)(F)F)cn2)C1. The van der Waals surface area contributed by atoms with Crippen LogP contribution in [-0.4, -0.2) is 35.0 Å². The van der Waals surface area contributed by atoms with E-state index in [2.05, 4.69) is 4.98 Å². The van der Waals surface area contributed by atoms with Crippen molar-refractivity contribution in [1.82, 2.24) is 9.88 Å². The van der Waals surface area contributed by atoms with Crippen LogP contribution in [0.15, 0.2) is 36.5 Å². The number of ether oxygens (including phenoxy) is 1. The molecule has 132 valence electrons. The Balaban J connectivity index is 1.57. The number of likely N-dealkylation sites (tertiary alicyclic amines) is 1. The Hall–Kier alpha value is -1.99. The van der Waals surface area contributed by atoms with E-state index in [1.54, 1.807) is 6.07 Å². The summed E-state index contributed by atoms with van der Waals surface area (Å²) in [5.41, 5.74) is -0.555. The third-order valence-corrected chi connectivity index (χ3v) is 4.21. The third-order valence-electron chi connectivity index (χ3n) is 3.65. The average Bonchev–Trinajstić information content (AvgIpc) is 2.52. The topological polar surface area (TPSA) is 42.4 Å². The van der Waals surface area contributed by atoms with Gasteiger partial charge in [0.15, 0.2) is 0 Å². The molecule has 0 bridgehead atoms. The van der Waals surface area contributed by atoms with Gasteiger partial charge in [-0.3, -0.25) is 4.79 Å². The van der Waals surface area contributed by atoms with Gasteiger partial charge in [-0.15, -0.1) is 0 Å². The van der Waals surface area contributed by atoms with E-state index in [1.165, 1.54) is 17.0 Å². The predicted molar refractivity (Wildman–Crippen MR) is 86.0 cm³/mol. The fourth-order valence-electron chi connectivity index (χ4n) is 2.30. The first-order chi connectivity index (χ1) is 11.7. The summed E-state index contributed by atoms with van der Waals surface area (Å²) in [6.07, 6.45) is -4.07. The van der Waals surface area contributed by atoms with Crippen molar-refractivity contribution in [2.45, 2.75) is 12.3 Å². The van der Waals surface area contributed by atoms with Crippen LogP contribution in [0.25, 0.3) is 0 Å². The van der Waals surface area contributed by atoms with Crippen LogP contribution in [0, 0.1) is 0 Å². The van der Waals surface area contributed by atoms with E-state index in [-0.39, 0.29) is 31.0 Å². The summed E-state index contributed by atoms with van der Waals surface area (Å²) in [7, 11) is 0. The molecule has 0 N–H and O–H groups in total. The lowest BCUT2D eigenvalue weighted by atomic mass is 10.1. The second kappa shape index (κ2) is 6.72. The van der Waals surface area contributed by atoms with Crippen LogP contribution in [0.2, 0.25) is 10.0 Å². The third kappa shape index (κ3) is 3.99. The van der Waals surface area contributed by atoms with Gasteiger partial charge in [0, 0.05) is 17.3 Å². The van der Waals surface area contributed by atoms with Crippen LogP contribution < -0.4 is 4.74 Å². The van der Waals surface area contributed by atoms with Crippen LogP contribution >= 0.6 is 23.2 Å². The Morgan fingerprint density at radius 3 is 2.52 bits per heavy atom. The molecular weight excluding hydrogens is 380 g/mol. The molecule has 3 rings (SSSR count). The number of nitrogens with zero attached hydrogens (tertiary/aromatic N) is 2. The molecular formula is C16H11Cl2F3N2O2. The van der Waals surface area contributed by atoms with E-state index < -0.39 is 11.7 Å². The minimum Gasteiger partial charge on any atom is -0.471 e. The lowest BCUT2D eigenvalue weighted by Gasteiger charge is -2.38. The molecule has 1 saturated heterocycles. The molecule has 1 aliphatic heterocycles. The van der Waals surface area contributed by atoms with E-state index >= 15 is 0 Å². The summed E-state index contributed by atoms with van der Waals surface area (Å²) in [6, 6.07) is 6.66. The van der Waals surface area contributed by atoms with Gasteiger partial charge < -0.3 is 9.64 Å². The first-order valence-electron chi connectivity index (χ1n) is 7.18. The van der Waals surface area contributed by atoms with Crippen LogP contribution in [0.3, 0.4) is 0 Å². The number of aromatic nitrogens is 1. The highest BCUT2D eigenvalue weighted by molar-refractivity contribution is 6.35. The molecule has 0 atom stereocenters. The van der Waals surface area contributed by atoms with Crippen molar-refractivity contribution < 1.29 is 22.7 Å². The number of benzene rings is 1. The maximum atomic E-state index is 12.5. The highest BCUT2D eigenvalue weighted by Crippen LogP contribution is 2.30. The molecule has 2 aromatic rings. The van der Waals surface area contributed by atoms with Crippen molar-refractivity contribution in [2.75, 3.05) is 13.1 Å². The van der Waals surface area contributed by atoms with Gasteiger partial charge in [-0.25, -0.2) is 4.98 Å². The molecule has 4 nitrogen and oxygen atoms in total. The first kappa shape index (κ1) is 17.8. The molecule has 1 aliphatic rings. The number of carbonyl (C=O) groups is 1. The van der Waals surface area contributed by atoms with Crippen molar-refractivity contribution in [3.8, 4) is 5.88 Å². The zero-order valence-electron chi connectivity index (χ0n) is 12.6. The maximum absolute atomic E-state index is 12.5. The lowest BCUT2D eigenvalue weighted by Crippen LogP contribution is -2.56. The summed E-state index contributed by atoms with van der Waals surface area (Å²) < 4.78 is 42.9. The van der Waals surface area contributed by atoms with Crippen LogP contribution in [-0.2, 0) is 6.18 Å². The number of halogens is 5. The second-order valence-electron chi connectivity index (χ2n) is 5.46. The first-order valence-corrected chi connectivity index (χ1v) is 7.94. The second-order valence-corrected chi connectivity index (χ2v) is 6.30. The van der Waals surface area contributed by atoms with Crippen molar-refractivity contribution in [3.63, 3.8) is 0 Å². The number of carbonyl (C=O) groups excluding carboxylic acids is 1. The molecule has 0 aliphatic carbocycles. The molecule has 1 amide bonds. The summed E-state index contributed by atoms with van der Waals surface area (Å²) in [4.78, 5) is 17.5. The normalized spacial score (nSPS) is 15.0. The van der Waals surface area contributed by atoms with Crippen molar-refractivity contribution in [2.24, 2.45) is 0 Å². The van der Waals surface area contributed by atoms with Gasteiger partial charge in [-0.05, 0) is 24.3 Å². The highest BCUT2D eigenvalue weighted by atomic mass is 35.5. The molecule has 0 spiro atoms. The zero-order chi connectivity index (χ0) is 18.2. The predicted octanol–water partition coefficient (Wildman–Crippen LogP) is 4.31. The van der Waals surface area contributed by atoms with Crippen molar-refractivity contribution in [1.29, 1.82) is 0 Å². The van der Waals surface area contributed by atoms with Gasteiger partial charge in [0.05, 0.1) is 29.2 Å². The van der Waals surface area contributed by atoms with Gasteiger partial charge in [0.2, 0.25) is 5.88 Å². The lowest BCUT2D eigenvalue weighted by molar-refractivity contribution is -0.137. The zero-order valence-corrected chi connectivity index (χ0v) is 14.1. The van der Waals surface area contributed by atoms with Crippen molar-refractivity contribution in [3.05, 3.63) is 57.7 Å². The Kier molecular flexibility index (Phi) is 4.79. The van der Waals surface area contributed by atoms with Gasteiger partial charge in [0.1, 0.15) is 6.10 Å². The molecule has 2 heterocycles. The van der Waals surface area contributed by atoms with Gasteiger partial charge in [-0.1, -0.05) is 23.2 Å². The fourth-order valence-corrected chi connectivity index (χ4v) is 2.67. The summed E-state index contributed by atoms with van der Waals surface area (Å²) >= 11 is 11.9. The number of hydrogen-bond donors (Lipinski definition) is 0. The van der Waals surface area contributed by atoms with Crippen molar-refractivity contribution >= 4 is 29.1 Å². The van der Waals surface area contributed by atoms with Crippen LogP contribution in [0.1, 0.15) is 15.9 Å². The summed E-state index contributed by atoms with van der Waals surface area (Å²) in [5, 5.41) is 0.693. The minimum absolute atomic E-state index is 0.0749. The monoisotopic (exact) mass is 390 g/mol. The fraction of sp³-hybridized carbons (Fsp3) is 0.250. The molecule has 1 fully saturated rings. The molecule has 0 radical (unpaired) electrons. The van der Waals surface area contributed by atoms with E-state index in [4.69, 9.17) is 27.9 Å². The largest absolute Gasteiger partial charge is 0.471 e. The van der Waals surface area contributed by atoms with Gasteiger partial charge in [0.25, 0.3) is 5.91 Å². The van der Waals surface area contributed by atoms with E-state index in [0.29, 0.717) is 21.8 Å². The number of alkyl halides is 3. The quantitative estimate of drug-likeness (QED) is 0.783. The smallest absolute Gasteiger partial charge is 0.417 e. The number of hydrogen-bond acceptors (Lipinski definition) is 3. The van der Waals surface area contributed by atoms with E-state index in [9.17, 15) is 18.0 Å². The molecule has 1 aromatic heterocycles. The summed E-state index contributed by atoms with van der Waals surface area (Å²) in [6.45, 7) is 0.564. The maximum Gasteiger partial charge on any atom is 0.417 e. The Morgan fingerprint density at radius 2 is 1.92 bits per heavy atom. The Morgan fingerprint density at radius 1 is 1.20 bits per heavy atom. The molecule has 9 heteroatoms. The Bertz CT molecular complexity index is 791. The van der Waals surface area contributed by atoms with Gasteiger partial charge in [-0.2, -0.15) is 13.2 Å². The van der Waals surface area contributed by atoms with E-state index in [0.717, 1.165) is 12.1 Å². The molecule has 25 heavy (non-hydrogen) atoms. The number of rotatable bonds is 3. The number of amides is 1. The van der Waals surface area contributed by atoms with Crippen LogP contribution in [0.5, 0.6) is 5.88 Å². The standard InChI is InChI=1S/C16H11Cl2F3N2O2/c17-10-2-3-13(18)12(5-10)15(24)23-7-11(8-23)25-14-4-1-9(6-22-14)16(19,20)21/h1-6,11H,7-8H2. The summed E-state index contributed by atoms with van der Waals surface area (Å²) in [5.74, 6) is -0.210. The highest BCUT2D eigenvalue weighted by Gasteiger charge is 2.34. The molecule has 0 saturated carbocycles. The van der Waals surface area contributed by atoms with E-state index in [1.807, 2.05) is 0 Å². The average molecular weight is 391 g/mol. The van der Waals surface area contributed by atoms with Gasteiger partial charge >= 0.3 is 6.18 Å². The van der Waals surface area contributed by atoms with Crippen LogP contribution in [0.4, 0.5) is 13.2 Å². The minimum atomic E-state index is -4.44.